The molecule has 2 nitrogen and oxygen atoms in total. The number of hydrogen-bond acceptors (Lipinski definition) is 2. The molecule has 0 radical (unpaired) electrons. The average Bonchev–Trinajstić information content (AvgIpc) is 2.88. The van der Waals surface area contributed by atoms with Gasteiger partial charge in [0.25, 0.3) is 0 Å². The van der Waals surface area contributed by atoms with Crippen LogP contribution in [0.15, 0.2) is 97.1 Å². The minimum atomic E-state index is -0.442. The summed E-state index contributed by atoms with van der Waals surface area (Å²) >= 11 is 0. The molecular weight excluding hydrogens is 428 g/mol. The van der Waals surface area contributed by atoms with Gasteiger partial charge in [0.05, 0.1) is 6.10 Å². The van der Waals surface area contributed by atoms with Crippen LogP contribution in [0, 0.1) is 20.8 Å². The van der Waals surface area contributed by atoms with Gasteiger partial charge in [0.1, 0.15) is 12.4 Å². The van der Waals surface area contributed by atoms with E-state index in [9.17, 15) is 5.11 Å². The van der Waals surface area contributed by atoms with Crippen molar-refractivity contribution in [2.24, 2.45) is 0 Å². The Morgan fingerprint density at radius 3 is 1.17 bits per heavy atom. The molecule has 4 rings (SSSR count). The molecule has 0 aliphatic carbocycles. The van der Waals surface area contributed by atoms with Crippen LogP contribution >= 0.6 is 0 Å². The Balaban J connectivity index is 1.81. The monoisotopic (exact) mass is 464 g/mol. The highest BCUT2D eigenvalue weighted by molar-refractivity contribution is 5.47. The second-order valence-corrected chi connectivity index (χ2v) is 9.63. The van der Waals surface area contributed by atoms with Crippen molar-refractivity contribution in [3.8, 4) is 5.75 Å². The Morgan fingerprint density at radius 1 is 0.543 bits per heavy atom. The van der Waals surface area contributed by atoms with Gasteiger partial charge < -0.3 is 9.84 Å². The summed E-state index contributed by atoms with van der Waals surface area (Å²) < 4.78 is 5.82. The van der Waals surface area contributed by atoms with E-state index in [-0.39, 0.29) is 11.8 Å². The minimum absolute atomic E-state index is 0.135. The molecule has 0 fully saturated rings. The Morgan fingerprint density at radius 2 is 0.857 bits per heavy atom. The summed E-state index contributed by atoms with van der Waals surface area (Å²) in [5, 5.41) is 9.87. The number of aryl methyl sites for hydroxylation is 3. The third-order valence-electron chi connectivity index (χ3n) is 6.80. The van der Waals surface area contributed by atoms with Crippen LogP contribution in [0.4, 0.5) is 0 Å². The second kappa shape index (κ2) is 11.4. The number of benzene rings is 4. The van der Waals surface area contributed by atoms with Crippen molar-refractivity contribution < 1.29 is 9.84 Å². The average molecular weight is 465 g/mol. The first-order valence-electron chi connectivity index (χ1n) is 12.5. The van der Waals surface area contributed by atoms with Crippen molar-refractivity contribution in [3.05, 3.63) is 136 Å². The van der Waals surface area contributed by atoms with Crippen LogP contribution in [-0.2, 0) is 0 Å². The molecule has 4 aromatic rings. The van der Waals surface area contributed by atoms with Gasteiger partial charge in [-0.2, -0.15) is 0 Å². The fourth-order valence-corrected chi connectivity index (χ4v) is 4.56. The highest BCUT2D eigenvalue weighted by atomic mass is 16.5. The second-order valence-electron chi connectivity index (χ2n) is 9.63. The van der Waals surface area contributed by atoms with Crippen LogP contribution in [0.25, 0.3) is 0 Å². The molecule has 0 bridgehead atoms. The van der Waals surface area contributed by atoms with E-state index in [0.29, 0.717) is 13.0 Å². The first-order valence-corrected chi connectivity index (χ1v) is 12.5. The lowest BCUT2D eigenvalue weighted by Crippen LogP contribution is -2.16. The Bertz CT molecular complexity index is 1140. The molecule has 2 unspecified atom stereocenters. The van der Waals surface area contributed by atoms with E-state index in [0.717, 1.165) is 5.75 Å². The molecular formula is C33H36O2. The van der Waals surface area contributed by atoms with Gasteiger partial charge >= 0.3 is 0 Å². The van der Waals surface area contributed by atoms with Gasteiger partial charge in [-0.15, -0.1) is 0 Å². The van der Waals surface area contributed by atoms with E-state index in [4.69, 9.17) is 4.74 Å². The third-order valence-corrected chi connectivity index (χ3v) is 6.80. The molecule has 2 atom stereocenters. The summed E-state index contributed by atoms with van der Waals surface area (Å²) in [5.41, 5.74) is 8.92. The zero-order valence-corrected chi connectivity index (χ0v) is 21.2. The van der Waals surface area contributed by atoms with Gasteiger partial charge in [-0.25, -0.2) is 0 Å². The van der Waals surface area contributed by atoms with Crippen LogP contribution in [0.3, 0.4) is 0 Å². The number of rotatable bonds is 9. The van der Waals surface area contributed by atoms with Crippen molar-refractivity contribution >= 4 is 0 Å². The maximum absolute atomic E-state index is 9.87. The van der Waals surface area contributed by atoms with Crippen molar-refractivity contribution in [1.82, 2.24) is 0 Å². The molecule has 0 spiro atoms. The zero-order chi connectivity index (χ0) is 24.8. The maximum Gasteiger partial charge on any atom is 0.119 e. The molecule has 180 valence electrons. The summed E-state index contributed by atoms with van der Waals surface area (Å²) in [7, 11) is 0. The van der Waals surface area contributed by atoms with E-state index >= 15 is 0 Å². The van der Waals surface area contributed by atoms with Gasteiger partial charge in [-0.1, -0.05) is 109 Å². The van der Waals surface area contributed by atoms with Gasteiger partial charge in [-0.05, 0) is 61.6 Å². The molecule has 0 heterocycles. The Hall–Kier alpha value is -3.36. The van der Waals surface area contributed by atoms with Crippen molar-refractivity contribution in [3.63, 3.8) is 0 Å². The first-order chi connectivity index (χ1) is 16.9. The molecule has 0 aliphatic heterocycles. The summed E-state index contributed by atoms with van der Waals surface area (Å²) in [4.78, 5) is 0. The number of hydrogen-bond donors (Lipinski definition) is 1. The fourth-order valence-electron chi connectivity index (χ4n) is 4.56. The molecule has 0 saturated carbocycles. The molecule has 0 aromatic heterocycles. The van der Waals surface area contributed by atoms with Crippen molar-refractivity contribution in [1.29, 1.82) is 0 Å². The topological polar surface area (TPSA) is 29.5 Å². The third kappa shape index (κ3) is 6.21. The normalized spacial score (nSPS) is 13.0. The van der Waals surface area contributed by atoms with Crippen LogP contribution < -0.4 is 4.74 Å². The lowest BCUT2D eigenvalue weighted by molar-refractivity contribution is 0.104. The minimum Gasteiger partial charge on any atom is -0.491 e. The maximum atomic E-state index is 9.87. The van der Waals surface area contributed by atoms with Crippen LogP contribution in [0.2, 0.25) is 0 Å². The van der Waals surface area contributed by atoms with Crippen molar-refractivity contribution in [2.75, 3.05) is 6.61 Å². The standard InChI is InChI=1S/C33H36O2/c1-5-30(34)22-35-31-20-18-29(19-21-31)33(28-16-10-25(4)11-17-28)32(26-12-6-23(2)7-13-26)27-14-8-24(3)9-15-27/h6-21,30,32-34H,5,22H2,1-4H3. The molecule has 0 amide bonds. The number of ether oxygens (including phenoxy) is 1. The van der Waals surface area contributed by atoms with Crippen LogP contribution in [0.5, 0.6) is 5.75 Å². The lowest BCUT2D eigenvalue weighted by atomic mass is 9.73. The van der Waals surface area contributed by atoms with Crippen molar-refractivity contribution in [2.45, 2.75) is 52.1 Å². The highest BCUT2D eigenvalue weighted by Gasteiger charge is 2.28. The summed E-state index contributed by atoms with van der Waals surface area (Å²) in [5.74, 6) is 1.08. The first kappa shape index (κ1) is 24.8. The number of aliphatic hydroxyl groups is 1. The summed E-state index contributed by atoms with van der Waals surface area (Å²) in [6.07, 6.45) is 0.241. The van der Waals surface area contributed by atoms with Gasteiger partial charge in [0.15, 0.2) is 0 Å². The highest BCUT2D eigenvalue weighted by Crippen LogP contribution is 2.43. The molecule has 1 N–H and O–H groups in total. The van der Waals surface area contributed by atoms with Gasteiger partial charge in [-0.3, -0.25) is 0 Å². The summed E-state index contributed by atoms with van der Waals surface area (Å²) in [6, 6.07) is 35.2. The summed E-state index contributed by atoms with van der Waals surface area (Å²) in [6.45, 7) is 8.67. The Labute approximate surface area is 210 Å². The van der Waals surface area contributed by atoms with E-state index in [1.807, 2.05) is 19.1 Å². The quantitative estimate of drug-likeness (QED) is 0.275. The predicted octanol–water partition coefficient (Wildman–Crippen LogP) is 7.73. The lowest BCUT2D eigenvalue weighted by Gasteiger charge is -2.30. The van der Waals surface area contributed by atoms with Crippen LogP contribution in [0.1, 0.15) is 64.1 Å². The SMILES string of the molecule is CCC(O)COc1ccc(C(c2ccc(C)cc2)C(c2ccc(C)cc2)c2ccc(C)cc2)cc1. The molecule has 0 aliphatic rings. The van der Waals surface area contributed by atoms with Gasteiger partial charge in [0, 0.05) is 11.8 Å². The molecule has 2 heteroatoms. The van der Waals surface area contributed by atoms with Gasteiger partial charge in [0.2, 0.25) is 0 Å². The fraction of sp³-hybridized carbons (Fsp3) is 0.273. The predicted molar refractivity (Wildman–Crippen MR) is 145 cm³/mol. The van der Waals surface area contributed by atoms with E-state index < -0.39 is 6.10 Å². The molecule has 35 heavy (non-hydrogen) atoms. The number of aliphatic hydroxyl groups excluding tert-OH is 1. The molecule has 4 aromatic carbocycles. The Kier molecular flexibility index (Phi) is 8.05. The largest absolute Gasteiger partial charge is 0.491 e. The molecule has 0 saturated heterocycles. The smallest absolute Gasteiger partial charge is 0.119 e. The zero-order valence-electron chi connectivity index (χ0n) is 21.2. The van der Waals surface area contributed by atoms with E-state index in [2.05, 4.69) is 106 Å². The van der Waals surface area contributed by atoms with E-state index in [1.54, 1.807) is 0 Å². The van der Waals surface area contributed by atoms with Crippen LogP contribution in [-0.4, -0.2) is 17.8 Å². The van der Waals surface area contributed by atoms with E-state index in [1.165, 1.54) is 38.9 Å².